The van der Waals surface area contributed by atoms with Crippen LogP contribution in [0.2, 0.25) is 0 Å². The summed E-state index contributed by atoms with van der Waals surface area (Å²) in [6.07, 6.45) is 3.12. The fraction of sp³-hybridized carbons (Fsp3) is 0.478. The van der Waals surface area contributed by atoms with Crippen molar-refractivity contribution in [3.05, 3.63) is 59.5 Å². The molecule has 1 aromatic heterocycles. The number of nitrogens with one attached hydrogen (secondary N) is 1. The van der Waals surface area contributed by atoms with Crippen LogP contribution in [-0.4, -0.2) is 47.8 Å². The van der Waals surface area contributed by atoms with Crippen molar-refractivity contribution in [3.8, 4) is 0 Å². The van der Waals surface area contributed by atoms with Gasteiger partial charge in [0.15, 0.2) is 5.76 Å². The van der Waals surface area contributed by atoms with Gasteiger partial charge in [0, 0.05) is 26.2 Å². The van der Waals surface area contributed by atoms with Gasteiger partial charge in [-0.05, 0) is 49.2 Å². The molecule has 1 aliphatic heterocycles. The topological polar surface area (TPSA) is 65.8 Å². The molecule has 2 aromatic rings. The Labute approximate surface area is 172 Å². The largest absolute Gasteiger partial charge is 0.459 e. The first-order chi connectivity index (χ1) is 14.1. The second kappa shape index (κ2) is 10.3. The van der Waals surface area contributed by atoms with Gasteiger partial charge in [0.1, 0.15) is 0 Å². The molecule has 1 unspecified atom stereocenters. The molecule has 156 valence electrons. The SMILES string of the molecule is CCN(CC)Cc1ccc(CNC(=O)C2CCCN(C(=O)c3ccco3)C2)cc1. The Morgan fingerprint density at radius 2 is 1.86 bits per heavy atom. The molecule has 0 radical (unpaired) electrons. The minimum absolute atomic E-state index is 0.00848. The van der Waals surface area contributed by atoms with Crippen molar-refractivity contribution < 1.29 is 14.0 Å². The van der Waals surface area contributed by atoms with Crippen molar-refractivity contribution in [2.75, 3.05) is 26.2 Å². The molecular formula is C23H31N3O3. The molecule has 1 N–H and O–H groups in total. The normalized spacial score (nSPS) is 16.8. The quantitative estimate of drug-likeness (QED) is 0.742. The summed E-state index contributed by atoms with van der Waals surface area (Å²) in [5, 5.41) is 3.03. The Morgan fingerprint density at radius 1 is 1.14 bits per heavy atom. The summed E-state index contributed by atoms with van der Waals surface area (Å²) in [5.74, 6) is 0.0194. The Bertz CT molecular complexity index is 782. The number of hydrogen-bond acceptors (Lipinski definition) is 4. The molecule has 1 fully saturated rings. The number of hydrogen-bond donors (Lipinski definition) is 1. The van der Waals surface area contributed by atoms with Gasteiger partial charge in [0.2, 0.25) is 5.91 Å². The van der Waals surface area contributed by atoms with Crippen LogP contribution in [0.4, 0.5) is 0 Å². The molecule has 6 heteroatoms. The highest BCUT2D eigenvalue weighted by Crippen LogP contribution is 2.19. The number of likely N-dealkylation sites (tertiary alicyclic amines) is 1. The maximum atomic E-state index is 12.6. The molecule has 1 atom stereocenters. The zero-order valence-electron chi connectivity index (χ0n) is 17.4. The van der Waals surface area contributed by atoms with E-state index in [1.165, 1.54) is 11.8 Å². The van der Waals surface area contributed by atoms with Crippen LogP contribution in [0.5, 0.6) is 0 Å². The molecule has 1 saturated heterocycles. The lowest BCUT2D eigenvalue weighted by Gasteiger charge is -2.31. The minimum Gasteiger partial charge on any atom is -0.459 e. The van der Waals surface area contributed by atoms with E-state index >= 15 is 0 Å². The van der Waals surface area contributed by atoms with Crippen LogP contribution < -0.4 is 5.32 Å². The molecule has 1 aromatic carbocycles. The highest BCUT2D eigenvalue weighted by Gasteiger charge is 2.29. The van der Waals surface area contributed by atoms with Gasteiger partial charge in [-0.25, -0.2) is 0 Å². The minimum atomic E-state index is -0.176. The lowest BCUT2D eigenvalue weighted by molar-refractivity contribution is -0.126. The van der Waals surface area contributed by atoms with Gasteiger partial charge < -0.3 is 14.6 Å². The van der Waals surface area contributed by atoms with E-state index < -0.39 is 0 Å². The van der Waals surface area contributed by atoms with E-state index in [4.69, 9.17) is 4.42 Å². The molecule has 1 aliphatic rings. The summed E-state index contributed by atoms with van der Waals surface area (Å²) in [6.45, 7) is 8.97. The lowest BCUT2D eigenvalue weighted by atomic mass is 9.96. The van der Waals surface area contributed by atoms with E-state index in [0.717, 1.165) is 38.0 Å². The number of carbonyl (C=O) groups is 2. The van der Waals surface area contributed by atoms with Crippen molar-refractivity contribution in [2.45, 2.75) is 39.8 Å². The average molecular weight is 398 g/mol. The molecule has 2 amide bonds. The highest BCUT2D eigenvalue weighted by molar-refractivity contribution is 5.92. The van der Waals surface area contributed by atoms with Crippen molar-refractivity contribution in [2.24, 2.45) is 5.92 Å². The predicted octanol–water partition coefficient (Wildman–Crippen LogP) is 3.29. The third-order valence-electron chi connectivity index (χ3n) is 5.60. The summed E-state index contributed by atoms with van der Waals surface area (Å²) < 4.78 is 5.20. The monoisotopic (exact) mass is 397 g/mol. The summed E-state index contributed by atoms with van der Waals surface area (Å²) in [7, 11) is 0. The van der Waals surface area contributed by atoms with Crippen molar-refractivity contribution >= 4 is 11.8 Å². The van der Waals surface area contributed by atoms with E-state index in [-0.39, 0.29) is 17.7 Å². The molecule has 0 bridgehead atoms. The number of rotatable bonds is 8. The van der Waals surface area contributed by atoms with Gasteiger partial charge in [-0.3, -0.25) is 14.5 Å². The van der Waals surface area contributed by atoms with Crippen LogP contribution in [0.25, 0.3) is 0 Å². The molecule has 0 spiro atoms. The van der Waals surface area contributed by atoms with Crippen molar-refractivity contribution in [1.29, 1.82) is 0 Å². The predicted molar refractivity (Wildman–Crippen MR) is 112 cm³/mol. The van der Waals surface area contributed by atoms with Gasteiger partial charge in [-0.15, -0.1) is 0 Å². The van der Waals surface area contributed by atoms with Gasteiger partial charge in [-0.1, -0.05) is 38.1 Å². The first kappa shape index (κ1) is 21.1. The van der Waals surface area contributed by atoms with Gasteiger partial charge in [0.05, 0.1) is 12.2 Å². The van der Waals surface area contributed by atoms with E-state index in [0.29, 0.717) is 25.4 Å². The van der Waals surface area contributed by atoms with E-state index in [2.05, 4.69) is 48.3 Å². The molecule has 0 saturated carbocycles. The number of carbonyl (C=O) groups excluding carboxylic acids is 2. The van der Waals surface area contributed by atoms with Gasteiger partial charge in [0.25, 0.3) is 5.91 Å². The number of furan rings is 1. The molecular weight excluding hydrogens is 366 g/mol. The maximum Gasteiger partial charge on any atom is 0.289 e. The zero-order chi connectivity index (χ0) is 20.6. The zero-order valence-corrected chi connectivity index (χ0v) is 17.4. The van der Waals surface area contributed by atoms with E-state index in [1.54, 1.807) is 17.0 Å². The van der Waals surface area contributed by atoms with Crippen LogP contribution in [-0.2, 0) is 17.9 Å². The maximum absolute atomic E-state index is 12.6. The number of benzene rings is 1. The Balaban J connectivity index is 1.49. The van der Waals surface area contributed by atoms with E-state index in [1.807, 2.05) is 0 Å². The summed E-state index contributed by atoms with van der Waals surface area (Å²) >= 11 is 0. The van der Waals surface area contributed by atoms with Crippen LogP contribution >= 0.6 is 0 Å². The Kier molecular flexibility index (Phi) is 7.47. The van der Waals surface area contributed by atoms with Crippen LogP contribution in [0.15, 0.2) is 47.1 Å². The fourth-order valence-corrected chi connectivity index (χ4v) is 3.73. The lowest BCUT2D eigenvalue weighted by Crippen LogP contribution is -2.45. The second-order valence-electron chi connectivity index (χ2n) is 7.56. The third kappa shape index (κ3) is 5.70. The first-order valence-corrected chi connectivity index (χ1v) is 10.5. The molecule has 6 nitrogen and oxygen atoms in total. The number of piperidine rings is 1. The summed E-state index contributed by atoms with van der Waals surface area (Å²) in [4.78, 5) is 29.2. The van der Waals surface area contributed by atoms with Gasteiger partial charge >= 0.3 is 0 Å². The molecule has 29 heavy (non-hydrogen) atoms. The average Bonchev–Trinajstić information content (AvgIpc) is 3.31. The van der Waals surface area contributed by atoms with Crippen molar-refractivity contribution in [3.63, 3.8) is 0 Å². The smallest absolute Gasteiger partial charge is 0.289 e. The van der Waals surface area contributed by atoms with Crippen LogP contribution in [0.3, 0.4) is 0 Å². The fourth-order valence-electron chi connectivity index (χ4n) is 3.73. The molecule has 0 aliphatic carbocycles. The number of amides is 2. The van der Waals surface area contributed by atoms with Crippen molar-refractivity contribution in [1.82, 2.24) is 15.1 Å². The third-order valence-corrected chi connectivity index (χ3v) is 5.60. The summed E-state index contributed by atoms with van der Waals surface area (Å²) in [5.41, 5.74) is 2.36. The Morgan fingerprint density at radius 3 is 2.52 bits per heavy atom. The molecule has 2 heterocycles. The standard InChI is InChI=1S/C23H31N3O3/c1-3-25(4-2)16-19-11-9-18(10-12-19)15-24-22(27)20-7-5-13-26(17-20)23(28)21-8-6-14-29-21/h6,8-12,14,20H,3-5,7,13,15-17H2,1-2H3,(H,24,27). The Hall–Kier alpha value is -2.60. The highest BCUT2D eigenvalue weighted by atomic mass is 16.3. The molecule has 3 rings (SSSR count). The van der Waals surface area contributed by atoms with E-state index in [9.17, 15) is 9.59 Å². The first-order valence-electron chi connectivity index (χ1n) is 10.5. The summed E-state index contributed by atoms with van der Waals surface area (Å²) in [6, 6.07) is 11.8. The van der Waals surface area contributed by atoms with Crippen LogP contribution in [0.1, 0.15) is 48.4 Å². The van der Waals surface area contributed by atoms with Crippen LogP contribution in [0, 0.1) is 5.92 Å². The number of nitrogens with zero attached hydrogens (tertiary/aromatic N) is 2. The second-order valence-corrected chi connectivity index (χ2v) is 7.56. The van der Waals surface area contributed by atoms with Gasteiger partial charge in [-0.2, -0.15) is 0 Å².